The molecule has 0 bridgehead atoms. The summed E-state index contributed by atoms with van der Waals surface area (Å²) in [5.41, 5.74) is 2.58. The molecule has 0 saturated heterocycles. The third-order valence-corrected chi connectivity index (χ3v) is 2.05. The molecule has 0 aliphatic heterocycles. The Morgan fingerprint density at radius 1 is 1.41 bits per heavy atom. The van der Waals surface area contributed by atoms with Crippen LogP contribution in [-0.4, -0.2) is 18.7 Å². The Morgan fingerprint density at radius 2 is 2.12 bits per heavy atom. The van der Waals surface area contributed by atoms with E-state index in [1.807, 2.05) is 0 Å². The molecule has 0 atom stereocenters. The lowest BCUT2D eigenvalue weighted by Gasteiger charge is -2.08. The summed E-state index contributed by atoms with van der Waals surface area (Å²) in [6.07, 6.45) is -4.48. The van der Waals surface area contributed by atoms with Crippen LogP contribution in [0.25, 0.3) is 0 Å². The van der Waals surface area contributed by atoms with Gasteiger partial charge in [0.05, 0.1) is 0 Å². The van der Waals surface area contributed by atoms with Gasteiger partial charge in [-0.2, -0.15) is 13.2 Å². The summed E-state index contributed by atoms with van der Waals surface area (Å²) in [7, 11) is 0. The molecule has 1 aromatic carbocycles. The number of hydrogen-bond acceptors (Lipinski definition) is 2. The molecule has 0 aromatic heterocycles. The van der Waals surface area contributed by atoms with E-state index >= 15 is 0 Å². The molecule has 7 heteroatoms. The van der Waals surface area contributed by atoms with Gasteiger partial charge in [0.25, 0.3) is 5.91 Å². The number of rotatable bonds is 4. The molecule has 0 saturated carbocycles. The first-order valence-electron chi connectivity index (χ1n) is 4.56. The molecule has 0 radical (unpaired) electrons. The number of amides is 1. The summed E-state index contributed by atoms with van der Waals surface area (Å²) >= 11 is 5.56. The minimum absolute atomic E-state index is 0.185. The Hall–Kier alpha value is -1.27. The molecule has 94 valence electrons. The average Bonchev–Trinajstić information content (AvgIpc) is 2.27. The molecule has 0 heterocycles. The summed E-state index contributed by atoms with van der Waals surface area (Å²) in [6.45, 7) is -1.53. The van der Waals surface area contributed by atoms with E-state index in [9.17, 15) is 18.0 Å². The normalized spacial score (nSPS) is 11.3. The number of carbonyl (C=O) groups is 1. The van der Waals surface area contributed by atoms with Crippen LogP contribution in [0.2, 0.25) is 0 Å². The third-order valence-electron chi connectivity index (χ3n) is 1.74. The van der Waals surface area contributed by atoms with E-state index in [0.29, 0.717) is 5.56 Å². The number of alkyl halides is 4. The lowest BCUT2D eigenvalue weighted by Crippen LogP contribution is -2.29. The van der Waals surface area contributed by atoms with Gasteiger partial charge in [-0.3, -0.25) is 9.63 Å². The van der Waals surface area contributed by atoms with Crippen LogP contribution in [0.1, 0.15) is 15.9 Å². The van der Waals surface area contributed by atoms with Gasteiger partial charge in [0.15, 0.2) is 6.61 Å². The standard InChI is InChI=1S/C10H9ClF3NO2/c11-5-7-2-1-3-8(4-7)9(16)15-17-6-10(12,13)14/h1-4H,5-6H2,(H,15,16). The van der Waals surface area contributed by atoms with Crippen LogP contribution in [0.4, 0.5) is 13.2 Å². The SMILES string of the molecule is O=C(NOCC(F)(F)F)c1cccc(CCl)c1. The van der Waals surface area contributed by atoms with Crippen molar-refractivity contribution in [2.24, 2.45) is 0 Å². The molecule has 1 rings (SSSR count). The van der Waals surface area contributed by atoms with Crippen LogP contribution in [0.3, 0.4) is 0 Å². The molecular formula is C10H9ClF3NO2. The molecule has 1 aromatic rings. The molecule has 0 unspecified atom stereocenters. The van der Waals surface area contributed by atoms with Crippen LogP contribution in [0, 0.1) is 0 Å². The Morgan fingerprint density at radius 3 is 2.71 bits per heavy atom. The van der Waals surface area contributed by atoms with Crippen molar-refractivity contribution in [3.8, 4) is 0 Å². The molecule has 0 fully saturated rings. The van der Waals surface area contributed by atoms with Crippen molar-refractivity contribution in [3.63, 3.8) is 0 Å². The fraction of sp³-hybridized carbons (Fsp3) is 0.300. The summed E-state index contributed by atoms with van der Waals surface area (Å²) in [5, 5.41) is 0. The lowest BCUT2D eigenvalue weighted by molar-refractivity contribution is -0.184. The predicted molar refractivity (Wildman–Crippen MR) is 55.5 cm³/mol. The van der Waals surface area contributed by atoms with Crippen LogP contribution < -0.4 is 5.48 Å². The third kappa shape index (κ3) is 5.06. The van der Waals surface area contributed by atoms with E-state index in [1.165, 1.54) is 12.1 Å². The van der Waals surface area contributed by atoms with Crippen LogP contribution in [0.5, 0.6) is 0 Å². The van der Waals surface area contributed by atoms with E-state index in [1.54, 1.807) is 17.6 Å². The largest absolute Gasteiger partial charge is 0.414 e. The van der Waals surface area contributed by atoms with Gasteiger partial charge in [-0.15, -0.1) is 11.6 Å². The van der Waals surface area contributed by atoms with Gasteiger partial charge in [-0.1, -0.05) is 12.1 Å². The number of nitrogens with one attached hydrogen (secondary N) is 1. The minimum Gasteiger partial charge on any atom is -0.267 e. The molecule has 1 N–H and O–H groups in total. The Balaban J connectivity index is 2.52. The summed E-state index contributed by atoms with van der Waals surface area (Å²) in [4.78, 5) is 15.4. The number of halogens is 4. The van der Waals surface area contributed by atoms with E-state index in [-0.39, 0.29) is 11.4 Å². The van der Waals surface area contributed by atoms with E-state index in [0.717, 1.165) is 0 Å². The van der Waals surface area contributed by atoms with Crippen molar-refractivity contribution in [2.45, 2.75) is 12.1 Å². The van der Waals surface area contributed by atoms with Crippen LogP contribution in [-0.2, 0) is 10.7 Å². The first kappa shape index (κ1) is 13.8. The van der Waals surface area contributed by atoms with Gasteiger partial charge in [0.2, 0.25) is 0 Å². The maximum atomic E-state index is 11.7. The van der Waals surface area contributed by atoms with Crippen molar-refractivity contribution in [1.29, 1.82) is 0 Å². The highest BCUT2D eigenvalue weighted by Crippen LogP contribution is 2.14. The second-order valence-corrected chi connectivity index (χ2v) is 3.44. The van der Waals surface area contributed by atoms with E-state index in [4.69, 9.17) is 11.6 Å². The van der Waals surface area contributed by atoms with Crippen LogP contribution >= 0.6 is 11.6 Å². The maximum absolute atomic E-state index is 11.7. The zero-order valence-electron chi connectivity index (χ0n) is 8.55. The van der Waals surface area contributed by atoms with E-state index < -0.39 is 18.7 Å². The molecule has 0 aliphatic carbocycles. The highest BCUT2D eigenvalue weighted by Gasteiger charge is 2.28. The predicted octanol–water partition coefficient (Wildman–Crippen LogP) is 2.65. The molecule has 1 amide bonds. The highest BCUT2D eigenvalue weighted by molar-refractivity contribution is 6.17. The smallest absolute Gasteiger partial charge is 0.267 e. The zero-order valence-corrected chi connectivity index (χ0v) is 9.31. The van der Waals surface area contributed by atoms with Gasteiger partial charge in [-0.25, -0.2) is 5.48 Å². The number of benzene rings is 1. The second-order valence-electron chi connectivity index (χ2n) is 3.17. The van der Waals surface area contributed by atoms with E-state index in [2.05, 4.69) is 4.84 Å². The fourth-order valence-corrected chi connectivity index (χ4v) is 1.20. The van der Waals surface area contributed by atoms with Gasteiger partial charge >= 0.3 is 6.18 Å². The molecule has 0 spiro atoms. The molecule has 3 nitrogen and oxygen atoms in total. The fourth-order valence-electron chi connectivity index (χ4n) is 1.04. The Kier molecular flexibility index (Phi) is 4.77. The summed E-state index contributed by atoms with van der Waals surface area (Å²) < 4.78 is 35.2. The topological polar surface area (TPSA) is 38.3 Å². The van der Waals surface area contributed by atoms with Crippen molar-refractivity contribution in [2.75, 3.05) is 6.61 Å². The lowest BCUT2D eigenvalue weighted by atomic mass is 10.1. The minimum atomic E-state index is -4.48. The van der Waals surface area contributed by atoms with Crippen molar-refractivity contribution >= 4 is 17.5 Å². The second kappa shape index (κ2) is 5.88. The van der Waals surface area contributed by atoms with Gasteiger partial charge in [-0.05, 0) is 17.7 Å². The zero-order chi connectivity index (χ0) is 12.9. The molecule has 17 heavy (non-hydrogen) atoms. The van der Waals surface area contributed by atoms with Gasteiger partial charge < -0.3 is 0 Å². The maximum Gasteiger partial charge on any atom is 0.414 e. The molecule has 0 aliphatic rings. The van der Waals surface area contributed by atoms with Crippen LogP contribution in [0.15, 0.2) is 24.3 Å². The highest BCUT2D eigenvalue weighted by atomic mass is 35.5. The number of carbonyl (C=O) groups excluding carboxylic acids is 1. The Labute approximate surface area is 100 Å². The number of hydrogen-bond donors (Lipinski definition) is 1. The average molecular weight is 268 g/mol. The summed E-state index contributed by atoms with van der Waals surface area (Å²) in [6, 6.07) is 6.19. The van der Waals surface area contributed by atoms with Gasteiger partial charge in [0.1, 0.15) is 0 Å². The van der Waals surface area contributed by atoms with Crippen molar-refractivity contribution < 1.29 is 22.8 Å². The van der Waals surface area contributed by atoms with Crippen molar-refractivity contribution in [1.82, 2.24) is 5.48 Å². The van der Waals surface area contributed by atoms with Gasteiger partial charge in [0, 0.05) is 11.4 Å². The molecular weight excluding hydrogens is 259 g/mol. The quantitative estimate of drug-likeness (QED) is 0.673. The van der Waals surface area contributed by atoms with Crippen molar-refractivity contribution in [3.05, 3.63) is 35.4 Å². The summed E-state index contributed by atoms with van der Waals surface area (Å²) in [5.74, 6) is -0.536. The Bertz CT molecular complexity index is 395. The number of hydroxylamine groups is 1. The monoisotopic (exact) mass is 267 g/mol. The first-order chi connectivity index (χ1) is 7.92. The first-order valence-corrected chi connectivity index (χ1v) is 5.09.